The van der Waals surface area contributed by atoms with E-state index in [0.717, 1.165) is 23.5 Å². The van der Waals surface area contributed by atoms with Crippen molar-refractivity contribution in [3.8, 4) is 0 Å². The third-order valence-electron chi connectivity index (χ3n) is 3.98. The van der Waals surface area contributed by atoms with Gasteiger partial charge in [0.1, 0.15) is 0 Å². The van der Waals surface area contributed by atoms with E-state index in [-0.39, 0.29) is 0 Å². The summed E-state index contributed by atoms with van der Waals surface area (Å²) in [4.78, 5) is 13.3. The average molecular weight is 231 g/mol. The summed E-state index contributed by atoms with van der Waals surface area (Å²) in [5.41, 5.74) is 1.87. The molecule has 17 heavy (non-hydrogen) atoms. The van der Waals surface area contributed by atoms with Gasteiger partial charge in [0.05, 0.1) is 0 Å². The van der Waals surface area contributed by atoms with Gasteiger partial charge < -0.3 is 4.90 Å². The van der Waals surface area contributed by atoms with Crippen LogP contribution in [0.3, 0.4) is 0 Å². The lowest BCUT2D eigenvalue weighted by molar-refractivity contribution is 0.112. The van der Waals surface area contributed by atoms with E-state index in [9.17, 15) is 4.79 Å². The van der Waals surface area contributed by atoms with Gasteiger partial charge in [-0.3, -0.25) is 4.79 Å². The number of carbonyl (C=O) groups excluding carboxylic acids is 1. The first kappa shape index (κ1) is 12.2. The fourth-order valence-corrected chi connectivity index (χ4v) is 2.73. The van der Waals surface area contributed by atoms with Crippen molar-refractivity contribution in [2.24, 2.45) is 5.92 Å². The molecule has 0 aliphatic heterocycles. The van der Waals surface area contributed by atoms with E-state index in [1.807, 2.05) is 24.3 Å². The summed E-state index contributed by atoms with van der Waals surface area (Å²) >= 11 is 0. The van der Waals surface area contributed by atoms with Gasteiger partial charge in [0, 0.05) is 24.3 Å². The van der Waals surface area contributed by atoms with Crippen molar-refractivity contribution >= 4 is 12.0 Å². The molecule has 0 aromatic heterocycles. The second-order valence-electron chi connectivity index (χ2n) is 5.20. The first-order valence-corrected chi connectivity index (χ1v) is 6.49. The number of hydrogen-bond donors (Lipinski definition) is 0. The monoisotopic (exact) mass is 231 g/mol. The van der Waals surface area contributed by atoms with E-state index in [4.69, 9.17) is 0 Å². The van der Waals surface area contributed by atoms with Gasteiger partial charge in [0.2, 0.25) is 0 Å². The molecule has 0 radical (unpaired) electrons. The predicted octanol–water partition coefficient (Wildman–Crippen LogP) is 3.51. The van der Waals surface area contributed by atoms with Crippen molar-refractivity contribution < 1.29 is 4.79 Å². The summed E-state index contributed by atoms with van der Waals surface area (Å²) in [5.74, 6) is 0.862. The third kappa shape index (κ3) is 2.68. The maximum Gasteiger partial charge on any atom is 0.152 e. The van der Waals surface area contributed by atoms with Crippen molar-refractivity contribution in [1.29, 1.82) is 0 Å². The van der Waals surface area contributed by atoms with Crippen molar-refractivity contribution in [1.82, 2.24) is 0 Å². The van der Waals surface area contributed by atoms with Gasteiger partial charge in [-0.25, -0.2) is 0 Å². The van der Waals surface area contributed by atoms with Crippen molar-refractivity contribution in [3.63, 3.8) is 0 Å². The van der Waals surface area contributed by atoms with Crippen LogP contribution in [0.4, 0.5) is 5.69 Å². The molecule has 0 atom stereocenters. The molecular formula is C15H21NO. The lowest BCUT2D eigenvalue weighted by atomic mass is 9.86. The number of rotatable bonds is 3. The van der Waals surface area contributed by atoms with Crippen LogP contribution < -0.4 is 4.90 Å². The molecular weight excluding hydrogens is 210 g/mol. The number of hydrogen-bond acceptors (Lipinski definition) is 2. The molecule has 0 heterocycles. The van der Waals surface area contributed by atoms with E-state index < -0.39 is 0 Å². The largest absolute Gasteiger partial charge is 0.371 e. The zero-order valence-corrected chi connectivity index (χ0v) is 10.7. The Morgan fingerprint density at radius 3 is 2.47 bits per heavy atom. The van der Waals surface area contributed by atoms with Gasteiger partial charge in [0.15, 0.2) is 6.29 Å². The van der Waals surface area contributed by atoms with Crippen LogP contribution in [-0.4, -0.2) is 19.4 Å². The molecule has 2 nitrogen and oxygen atoms in total. The number of nitrogens with zero attached hydrogens (tertiary/aromatic N) is 1. The number of carbonyl (C=O) groups is 1. The van der Waals surface area contributed by atoms with Crippen LogP contribution in [0.5, 0.6) is 0 Å². The predicted molar refractivity (Wildman–Crippen MR) is 71.7 cm³/mol. The lowest BCUT2D eigenvalue weighted by Gasteiger charge is -2.35. The first-order chi connectivity index (χ1) is 8.22. The van der Waals surface area contributed by atoms with Crippen LogP contribution in [0.25, 0.3) is 0 Å². The van der Waals surface area contributed by atoms with E-state index in [1.165, 1.54) is 25.7 Å². The molecule has 92 valence electrons. The Morgan fingerprint density at radius 2 is 1.82 bits per heavy atom. The summed E-state index contributed by atoms with van der Waals surface area (Å²) < 4.78 is 0. The molecule has 0 N–H and O–H groups in total. The average Bonchev–Trinajstić information content (AvgIpc) is 2.39. The molecule has 1 fully saturated rings. The molecule has 1 saturated carbocycles. The van der Waals surface area contributed by atoms with Crippen LogP contribution >= 0.6 is 0 Å². The van der Waals surface area contributed by atoms with Gasteiger partial charge in [-0.1, -0.05) is 19.1 Å². The summed E-state index contributed by atoms with van der Waals surface area (Å²) in [5, 5.41) is 0. The highest BCUT2D eigenvalue weighted by Gasteiger charge is 2.22. The summed E-state index contributed by atoms with van der Waals surface area (Å²) in [7, 11) is 2.11. The van der Waals surface area contributed by atoms with Crippen LogP contribution in [0.1, 0.15) is 43.0 Å². The number of benzene rings is 1. The third-order valence-corrected chi connectivity index (χ3v) is 3.98. The molecule has 1 aromatic carbocycles. The van der Waals surface area contributed by atoms with Crippen molar-refractivity contribution in [2.45, 2.75) is 38.6 Å². The van der Waals surface area contributed by atoms with Crippen LogP contribution in [-0.2, 0) is 0 Å². The Morgan fingerprint density at radius 1 is 1.18 bits per heavy atom. The fraction of sp³-hybridized carbons (Fsp3) is 0.533. The van der Waals surface area contributed by atoms with Gasteiger partial charge in [-0.05, 0) is 43.7 Å². The minimum absolute atomic E-state index is 0.590. The summed E-state index contributed by atoms with van der Waals surface area (Å²) in [6.07, 6.45) is 6.05. The van der Waals surface area contributed by atoms with Gasteiger partial charge in [-0.2, -0.15) is 0 Å². The van der Waals surface area contributed by atoms with Crippen molar-refractivity contribution in [2.75, 3.05) is 11.9 Å². The normalized spacial score (nSPS) is 24.4. The van der Waals surface area contributed by atoms with E-state index in [1.54, 1.807) is 0 Å². The molecule has 0 unspecified atom stereocenters. The lowest BCUT2D eigenvalue weighted by Crippen LogP contribution is -2.35. The topological polar surface area (TPSA) is 20.3 Å². The SMILES string of the molecule is CC1CCC(N(C)c2ccccc2C=O)CC1. The van der Waals surface area contributed by atoms with Crippen LogP contribution in [0.15, 0.2) is 24.3 Å². The fourth-order valence-electron chi connectivity index (χ4n) is 2.73. The Labute approximate surface area is 104 Å². The van der Waals surface area contributed by atoms with E-state index in [2.05, 4.69) is 18.9 Å². The Bertz CT molecular complexity index is 380. The Balaban J connectivity index is 2.13. The van der Waals surface area contributed by atoms with E-state index >= 15 is 0 Å². The standard InChI is InChI=1S/C15H21NO/c1-12-7-9-14(10-8-12)16(2)15-6-4-3-5-13(15)11-17/h3-6,11-12,14H,7-10H2,1-2H3. The highest BCUT2D eigenvalue weighted by Crippen LogP contribution is 2.30. The molecule has 2 rings (SSSR count). The number of para-hydroxylation sites is 1. The summed E-state index contributed by atoms with van der Waals surface area (Å²) in [6.45, 7) is 2.33. The smallest absolute Gasteiger partial charge is 0.152 e. The highest BCUT2D eigenvalue weighted by molar-refractivity contribution is 5.84. The maximum absolute atomic E-state index is 11.0. The Kier molecular flexibility index (Phi) is 3.82. The molecule has 0 amide bonds. The number of aldehydes is 1. The minimum Gasteiger partial charge on any atom is -0.371 e. The van der Waals surface area contributed by atoms with Crippen molar-refractivity contribution in [3.05, 3.63) is 29.8 Å². The Hall–Kier alpha value is -1.31. The number of anilines is 1. The molecule has 0 bridgehead atoms. The minimum atomic E-state index is 0.590. The molecule has 0 spiro atoms. The summed E-state index contributed by atoms with van der Waals surface area (Å²) in [6, 6.07) is 8.45. The molecule has 1 aliphatic rings. The highest BCUT2D eigenvalue weighted by atomic mass is 16.1. The van der Waals surface area contributed by atoms with Crippen LogP contribution in [0, 0.1) is 5.92 Å². The second kappa shape index (κ2) is 5.35. The van der Waals surface area contributed by atoms with Gasteiger partial charge in [-0.15, -0.1) is 0 Å². The molecule has 1 aliphatic carbocycles. The molecule has 1 aromatic rings. The quantitative estimate of drug-likeness (QED) is 0.742. The molecule has 0 saturated heterocycles. The maximum atomic E-state index is 11.0. The van der Waals surface area contributed by atoms with Gasteiger partial charge in [0.25, 0.3) is 0 Å². The van der Waals surface area contributed by atoms with E-state index in [0.29, 0.717) is 6.04 Å². The van der Waals surface area contributed by atoms with Crippen LogP contribution in [0.2, 0.25) is 0 Å². The first-order valence-electron chi connectivity index (χ1n) is 6.49. The molecule has 2 heteroatoms. The van der Waals surface area contributed by atoms with Gasteiger partial charge >= 0.3 is 0 Å². The second-order valence-corrected chi connectivity index (χ2v) is 5.20. The zero-order valence-electron chi connectivity index (χ0n) is 10.7. The zero-order chi connectivity index (χ0) is 12.3.